The molecule has 340 valence electrons. The Bertz CT molecular complexity index is 1040. The van der Waals surface area contributed by atoms with E-state index in [4.69, 9.17) is 23.6 Å². The van der Waals surface area contributed by atoms with Gasteiger partial charge in [-0.2, -0.15) is 0 Å². The Hall–Kier alpha value is -1.58. The molecule has 0 bridgehead atoms. The first kappa shape index (κ1) is 56.4. The standard InChI is InChI=1S/C48H89O9P/c1-3-5-7-9-11-13-15-17-19-20-21-22-23-24-25-27-29-31-33-35-37-39-41-54-44-47(45-56-58(52,53)55-43-46(50)42-49)57-48(51)40-38-36-34-32-30-28-26-18-16-14-12-10-8-6-4-2/h6,8,12,14,18,26,30,32,46-47,49-50H,3-5,7,9-11,13,15-17,19-25,27-29,31,33-45H2,1-2H3,(H,52,53)/b8-6-,14-12-,26-18-,32-30-. The van der Waals surface area contributed by atoms with Crippen LogP contribution in [0.5, 0.6) is 0 Å². The molecule has 3 atom stereocenters. The Morgan fingerprint density at radius 1 is 0.552 bits per heavy atom. The Morgan fingerprint density at radius 2 is 0.983 bits per heavy atom. The number of hydrogen-bond donors (Lipinski definition) is 3. The first-order valence-corrected chi connectivity index (χ1v) is 25.1. The van der Waals surface area contributed by atoms with Crippen molar-refractivity contribution in [3.63, 3.8) is 0 Å². The fraction of sp³-hybridized carbons (Fsp3) is 0.812. The Kier molecular flexibility index (Phi) is 43.7. The number of carbonyl (C=O) groups is 1. The van der Waals surface area contributed by atoms with Crippen LogP contribution < -0.4 is 0 Å². The van der Waals surface area contributed by atoms with E-state index in [2.05, 4.69) is 62.5 Å². The highest BCUT2D eigenvalue weighted by molar-refractivity contribution is 7.47. The lowest BCUT2D eigenvalue weighted by Gasteiger charge is -2.20. The molecule has 0 saturated heterocycles. The SMILES string of the molecule is CC/C=C\C/C=C\C/C=C\C/C=C\CCCCC(=O)OC(COCCCCCCCCCCCCCCCCCCCCCCCC)COP(=O)(O)OCC(O)CO. The molecule has 0 rings (SSSR count). The van der Waals surface area contributed by atoms with Crippen LogP contribution in [0.15, 0.2) is 48.6 Å². The first-order valence-electron chi connectivity index (χ1n) is 23.6. The maximum absolute atomic E-state index is 12.6. The van der Waals surface area contributed by atoms with Gasteiger partial charge in [-0.25, -0.2) is 4.57 Å². The minimum Gasteiger partial charge on any atom is -0.457 e. The van der Waals surface area contributed by atoms with Gasteiger partial charge in [0.05, 0.1) is 26.4 Å². The van der Waals surface area contributed by atoms with E-state index in [0.29, 0.717) is 13.0 Å². The lowest BCUT2D eigenvalue weighted by molar-refractivity contribution is -0.154. The molecular formula is C48H89O9P. The number of carbonyl (C=O) groups excluding carboxylic acids is 1. The summed E-state index contributed by atoms with van der Waals surface area (Å²) in [5.74, 6) is -0.420. The molecule has 0 aliphatic rings. The zero-order valence-corrected chi connectivity index (χ0v) is 38.2. The molecule has 58 heavy (non-hydrogen) atoms. The molecule has 0 spiro atoms. The molecule has 0 aliphatic heterocycles. The molecule has 3 unspecified atom stereocenters. The lowest BCUT2D eigenvalue weighted by Crippen LogP contribution is -2.29. The first-order chi connectivity index (χ1) is 28.3. The molecule has 0 saturated carbocycles. The summed E-state index contributed by atoms with van der Waals surface area (Å²) in [6, 6.07) is 0. The number of allylic oxidation sites excluding steroid dienone is 8. The van der Waals surface area contributed by atoms with Crippen molar-refractivity contribution in [2.45, 2.75) is 219 Å². The van der Waals surface area contributed by atoms with Crippen LogP contribution in [0.1, 0.15) is 206 Å². The number of aliphatic hydroxyl groups excluding tert-OH is 2. The topological polar surface area (TPSA) is 132 Å². The largest absolute Gasteiger partial charge is 0.472 e. The van der Waals surface area contributed by atoms with E-state index < -0.39 is 45.8 Å². The summed E-state index contributed by atoms with van der Waals surface area (Å²) in [6.45, 7) is 3.37. The maximum Gasteiger partial charge on any atom is 0.472 e. The summed E-state index contributed by atoms with van der Waals surface area (Å²) in [5.41, 5.74) is 0. The maximum atomic E-state index is 12.6. The second-order valence-electron chi connectivity index (χ2n) is 15.8. The summed E-state index contributed by atoms with van der Waals surface area (Å²) in [6.07, 6.45) is 50.9. The van der Waals surface area contributed by atoms with E-state index in [1.54, 1.807) is 0 Å². The molecule has 9 nitrogen and oxygen atoms in total. The van der Waals surface area contributed by atoms with Gasteiger partial charge >= 0.3 is 13.8 Å². The number of esters is 1. The second kappa shape index (κ2) is 45.0. The quantitative estimate of drug-likeness (QED) is 0.0237. The van der Waals surface area contributed by atoms with Crippen molar-refractivity contribution < 1.29 is 43.0 Å². The van der Waals surface area contributed by atoms with Crippen molar-refractivity contribution in [2.75, 3.05) is 33.0 Å². The minimum absolute atomic E-state index is 0.0339. The van der Waals surface area contributed by atoms with Gasteiger partial charge in [0.1, 0.15) is 12.2 Å². The van der Waals surface area contributed by atoms with Crippen LogP contribution in [0.2, 0.25) is 0 Å². The highest BCUT2D eigenvalue weighted by Gasteiger charge is 2.26. The molecule has 0 amide bonds. The Labute approximate surface area is 356 Å². The molecule has 0 heterocycles. The summed E-state index contributed by atoms with van der Waals surface area (Å²) in [4.78, 5) is 22.6. The monoisotopic (exact) mass is 841 g/mol. The van der Waals surface area contributed by atoms with Crippen LogP contribution in [-0.2, 0) is 27.9 Å². The van der Waals surface area contributed by atoms with Crippen molar-refractivity contribution in [1.82, 2.24) is 0 Å². The Morgan fingerprint density at radius 3 is 1.45 bits per heavy atom. The van der Waals surface area contributed by atoms with E-state index in [9.17, 15) is 19.4 Å². The van der Waals surface area contributed by atoms with Crippen LogP contribution >= 0.6 is 7.82 Å². The number of hydrogen-bond acceptors (Lipinski definition) is 8. The summed E-state index contributed by atoms with van der Waals surface area (Å²) in [5, 5.41) is 18.4. The third-order valence-corrected chi connectivity index (χ3v) is 11.0. The van der Waals surface area contributed by atoms with Crippen molar-refractivity contribution in [2.24, 2.45) is 0 Å². The third-order valence-electron chi connectivity index (χ3n) is 10.0. The van der Waals surface area contributed by atoms with Gasteiger partial charge in [-0.15, -0.1) is 0 Å². The van der Waals surface area contributed by atoms with Gasteiger partial charge < -0.3 is 24.6 Å². The Balaban J connectivity index is 4.11. The number of rotatable bonds is 45. The number of aliphatic hydroxyl groups is 2. The van der Waals surface area contributed by atoms with Gasteiger partial charge in [0.15, 0.2) is 0 Å². The van der Waals surface area contributed by atoms with E-state index in [0.717, 1.165) is 57.8 Å². The zero-order valence-electron chi connectivity index (χ0n) is 37.3. The highest BCUT2D eigenvalue weighted by Crippen LogP contribution is 2.43. The second-order valence-corrected chi connectivity index (χ2v) is 17.2. The van der Waals surface area contributed by atoms with Crippen LogP contribution in [0.4, 0.5) is 0 Å². The molecule has 10 heteroatoms. The fourth-order valence-corrected chi connectivity index (χ4v) is 7.25. The van der Waals surface area contributed by atoms with Crippen molar-refractivity contribution >= 4 is 13.8 Å². The molecule has 0 fully saturated rings. The number of ether oxygens (including phenoxy) is 2. The van der Waals surface area contributed by atoms with Crippen LogP contribution in [0, 0.1) is 0 Å². The number of unbranched alkanes of at least 4 members (excludes halogenated alkanes) is 23. The molecular weight excluding hydrogens is 751 g/mol. The van der Waals surface area contributed by atoms with Crippen molar-refractivity contribution in [3.8, 4) is 0 Å². The van der Waals surface area contributed by atoms with Crippen LogP contribution in [0.25, 0.3) is 0 Å². The van der Waals surface area contributed by atoms with Crippen LogP contribution in [-0.4, -0.2) is 66.3 Å². The van der Waals surface area contributed by atoms with Gasteiger partial charge in [-0.3, -0.25) is 13.8 Å². The average molecular weight is 841 g/mol. The molecule has 0 aromatic heterocycles. The van der Waals surface area contributed by atoms with Crippen molar-refractivity contribution in [3.05, 3.63) is 48.6 Å². The molecule has 0 aliphatic carbocycles. The average Bonchev–Trinajstić information content (AvgIpc) is 3.21. The highest BCUT2D eigenvalue weighted by atomic mass is 31.2. The fourth-order valence-electron chi connectivity index (χ4n) is 6.47. The third kappa shape index (κ3) is 44.0. The predicted molar refractivity (Wildman–Crippen MR) is 242 cm³/mol. The van der Waals surface area contributed by atoms with Crippen LogP contribution in [0.3, 0.4) is 0 Å². The smallest absolute Gasteiger partial charge is 0.457 e. The van der Waals surface area contributed by atoms with E-state index in [1.165, 1.54) is 122 Å². The molecule has 0 aromatic rings. The molecule has 0 aromatic carbocycles. The van der Waals surface area contributed by atoms with E-state index in [1.807, 2.05) is 0 Å². The predicted octanol–water partition coefficient (Wildman–Crippen LogP) is 13.4. The minimum atomic E-state index is -4.53. The number of phosphoric ester groups is 1. The molecule has 3 N–H and O–H groups in total. The van der Waals surface area contributed by atoms with Gasteiger partial charge in [-0.1, -0.05) is 197 Å². The van der Waals surface area contributed by atoms with Gasteiger partial charge in [0.25, 0.3) is 0 Å². The zero-order chi connectivity index (χ0) is 42.5. The van der Waals surface area contributed by atoms with E-state index >= 15 is 0 Å². The normalized spacial score (nSPS) is 14.4. The summed E-state index contributed by atoms with van der Waals surface area (Å²) >= 11 is 0. The molecule has 0 radical (unpaired) electrons. The van der Waals surface area contributed by atoms with Gasteiger partial charge in [0.2, 0.25) is 0 Å². The summed E-state index contributed by atoms with van der Waals surface area (Å²) in [7, 11) is -4.53. The number of phosphoric acid groups is 1. The lowest BCUT2D eigenvalue weighted by atomic mass is 10.0. The van der Waals surface area contributed by atoms with Gasteiger partial charge in [-0.05, 0) is 51.4 Å². The van der Waals surface area contributed by atoms with Crippen molar-refractivity contribution in [1.29, 1.82) is 0 Å². The van der Waals surface area contributed by atoms with E-state index in [-0.39, 0.29) is 13.0 Å². The summed E-state index contributed by atoms with van der Waals surface area (Å²) < 4.78 is 33.4. The van der Waals surface area contributed by atoms with Gasteiger partial charge in [0, 0.05) is 13.0 Å².